The van der Waals surface area contributed by atoms with Gasteiger partial charge in [0.05, 0.1) is 6.61 Å². The number of ether oxygens (including phenoxy) is 1. The molecule has 1 saturated heterocycles. The van der Waals surface area contributed by atoms with Gasteiger partial charge in [-0.05, 0) is 12.1 Å². The maximum absolute atomic E-state index is 9.98. The number of aromatic nitrogens is 3. The number of hydrogen-bond acceptors (Lipinski definition) is 7. The molecule has 0 aliphatic carbocycles. The summed E-state index contributed by atoms with van der Waals surface area (Å²) < 4.78 is 5.37. The summed E-state index contributed by atoms with van der Waals surface area (Å²) in [5.41, 5.74) is 1.23. The van der Waals surface area contributed by atoms with Crippen LogP contribution in [0.2, 0.25) is 0 Å². The van der Waals surface area contributed by atoms with Gasteiger partial charge in [-0.3, -0.25) is 0 Å². The zero-order valence-electron chi connectivity index (χ0n) is 10.4. The maximum atomic E-state index is 9.98. The first-order valence-electron chi connectivity index (χ1n) is 6.24. The second kappa shape index (κ2) is 5.08. The van der Waals surface area contributed by atoms with Crippen LogP contribution in [0.25, 0.3) is 11.0 Å². The molecule has 8 heteroatoms. The second-order valence-corrected chi connectivity index (χ2v) is 4.73. The lowest BCUT2D eigenvalue weighted by Gasteiger charge is -2.39. The lowest BCUT2D eigenvalue weighted by molar-refractivity contribution is -0.256. The molecule has 2 heterocycles. The third-order valence-corrected chi connectivity index (χ3v) is 3.40. The average molecular weight is 281 g/mol. The van der Waals surface area contributed by atoms with Crippen molar-refractivity contribution in [1.82, 2.24) is 15.0 Å². The van der Waals surface area contributed by atoms with Crippen molar-refractivity contribution in [2.24, 2.45) is 0 Å². The molecule has 5 atom stereocenters. The van der Waals surface area contributed by atoms with Gasteiger partial charge in [0.25, 0.3) is 0 Å². The van der Waals surface area contributed by atoms with Gasteiger partial charge >= 0.3 is 0 Å². The molecule has 20 heavy (non-hydrogen) atoms. The van der Waals surface area contributed by atoms with E-state index in [1.54, 1.807) is 24.3 Å². The summed E-state index contributed by atoms with van der Waals surface area (Å²) in [5, 5.41) is 46.9. The van der Waals surface area contributed by atoms with Gasteiger partial charge in [-0.15, -0.1) is 0 Å². The summed E-state index contributed by atoms with van der Waals surface area (Å²) in [6.07, 6.45) is -6.28. The SMILES string of the molecule is OC[C@@H]1O[C@H](n2nc3ccccc3n2)[C@H](O)[C@H](O)[C@@H]1O. The fourth-order valence-corrected chi connectivity index (χ4v) is 2.26. The molecule has 4 N–H and O–H groups in total. The summed E-state index contributed by atoms with van der Waals surface area (Å²) >= 11 is 0. The molecule has 3 rings (SSSR count). The van der Waals surface area contributed by atoms with Gasteiger partial charge in [0.2, 0.25) is 0 Å². The van der Waals surface area contributed by atoms with E-state index in [4.69, 9.17) is 9.84 Å². The highest BCUT2D eigenvalue weighted by Gasteiger charge is 2.45. The van der Waals surface area contributed by atoms with E-state index < -0.39 is 37.3 Å². The number of fused-ring (bicyclic) bond motifs is 1. The molecular weight excluding hydrogens is 266 g/mol. The molecule has 108 valence electrons. The normalized spacial score (nSPS) is 34.5. The fourth-order valence-electron chi connectivity index (χ4n) is 2.26. The summed E-state index contributed by atoms with van der Waals surface area (Å²) in [6, 6.07) is 7.11. The van der Waals surface area contributed by atoms with Gasteiger partial charge in [0, 0.05) is 0 Å². The van der Waals surface area contributed by atoms with Crippen LogP contribution in [-0.4, -0.2) is 66.4 Å². The van der Waals surface area contributed by atoms with Crippen molar-refractivity contribution in [3.05, 3.63) is 24.3 Å². The quantitative estimate of drug-likeness (QED) is 0.523. The van der Waals surface area contributed by atoms with E-state index in [1.165, 1.54) is 0 Å². The highest BCUT2D eigenvalue weighted by atomic mass is 16.6. The topological polar surface area (TPSA) is 121 Å². The Bertz CT molecular complexity index is 569. The number of benzene rings is 1. The van der Waals surface area contributed by atoms with Crippen LogP contribution in [0, 0.1) is 0 Å². The van der Waals surface area contributed by atoms with E-state index in [2.05, 4.69) is 10.2 Å². The van der Waals surface area contributed by atoms with Crippen molar-refractivity contribution >= 4 is 11.0 Å². The van der Waals surface area contributed by atoms with Crippen LogP contribution in [0.3, 0.4) is 0 Å². The number of hydrogen-bond donors (Lipinski definition) is 4. The van der Waals surface area contributed by atoms with Gasteiger partial charge in [0.15, 0.2) is 6.23 Å². The maximum Gasteiger partial charge on any atom is 0.198 e. The van der Waals surface area contributed by atoms with Crippen molar-refractivity contribution in [3.63, 3.8) is 0 Å². The number of aliphatic hydroxyl groups is 4. The first-order valence-corrected chi connectivity index (χ1v) is 6.24. The molecule has 0 saturated carbocycles. The number of nitrogens with zero attached hydrogens (tertiary/aromatic N) is 3. The second-order valence-electron chi connectivity index (χ2n) is 4.73. The summed E-state index contributed by atoms with van der Waals surface area (Å²) in [7, 11) is 0. The van der Waals surface area contributed by atoms with Crippen LogP contribution in [0.15, 0.2) is 24.3 Å². The average Bonchev–Trinajstić information content (AvgIpc) is 2.89. The smallest absolute Gasteiger partial charge is 0.198 e. The van der Waals surface area contributed by atoms with Crippen molar-refractivity contribution in [2.75, 3.05) is 6.61 Å². The standard InChI is InChI=1S/C12H15N3O5/c16-5-8-9(17)10(18)11(19)12(20-8)15-13-6-3-1-2-4-7(6)14-15/h1-4,8-12,16-19H,5H2/t8-,9+,10+,11+,12-/m0/s1. The molecule has 0 unspecified atom stereocenters. The highest BCUT2D eigenvalue weighted by molar-refractivity contribution is 5.72. The molecule has 0 spiro atoms. The van der Waals surface area contributed by atoms with E-state index in [0.29, 0.717) is 11.0 Å². The molecule has 8 nitrogen and oxygen atoms in total. The van der Waals surface area contributed by atoms with Crippen molar-refractivity contribution in [2.45, 2.75) is 30.6 Å². The van der Waals surface area contributed by atoms with Gasteiger partial charge in [0.1, 0.15) is 35.4 Å². The third-order valence-electron chi connectivity index (χ3n) is 3.40. The van der Waals surface area contributed by atoms with Gasteiger partial charge in [-0.25, -0.2) is 0 Å². The number of rotatable bonds is 2. The fraction of sp³-hybridized carbons (Fsp3) is 0.500. The lowest BCUT2D eigenvalue weighted by Crippen LogP contribution is -2.56. The van der Waals surface area contributed by atoms with Gasteiger partial charge < -0.3 is 25.2 Å². The molecule has 2 aromatic rings. The lowest BCUT2D eigenvalue weighted by atomic mass is 9.99. The summed E-state index contributed by atoms with van der Waals surface area (Å²) in [5.74, 6) is 0. The first kappa shape index (κ1) is 13.4. The minimum atomic E-state index is -1.44. The Morgan fingerprint density at radius 1 is 1.00 bits per heavy atom. The zero-order chi connectivity index (χ0) is 14.3. The summed E-state index contributed by atoms with van der Waals surface area (Å²) in [4.78, 5) is 1.15. The molecular formula is C12H15N3O5. The van der Waals surface area contributed by atoms with E-state index in [-0.39, 0.29) is 0 Å². The van der Waals surface area contributed by atoms with E-state index in [0.717, 1.165) is 4.80 Å². The molecule has 1 aromatic heterocycles. The minimum absolute atomic E-state index is 0.484. The zero-order valence-corrected chi connectivity index (χ0v) is 10.4. The van der Waals surface area contributed by atoms with Crippen molar-refractivity contribution in [1.29, 1.82) is 0 Å². The predicted molar refractivity (Wildman–Crippen MR) is 66.5 cm³/mol. The molecule has 0 bridgehead atoms. The van der Waals surface area contributed by atoms with Crippen LogP contribution in [0.1, 0.15) is 6.23 Å². The Hall–Kier alpha value is -1.58. The minimum Gasteiger partial charge on any atom is -0.394 e. The monoisotopic (exact) mass is 281 g/mol. The Kier molecular flexibility index (Phi) is 3.40. The Labute approximate surface area is 113 Å². The number of aliphatic hydroxyl groups excluding tert-OH is 4. The molecule has 1 aliphatic heterocycles. The van der Waals surface area contributed by atoms with Crippen molar-refractivity contribution < 1.29 is 25.2 Å². The molecule has 1 fully saturated rings. The van der Waals surface area contributed by atoms with E-state index in [1.807, 2.05) is 0 Å². The van der Waals surface area contributed by atoms with Crippen LogP contribution in [0.5, 0.6) is 0 Å². The molecule has 0 radical (unpaired) electrons. The Morgan fingerprint density at radius 2 is 1.60 bits per heavy atom. The van der Waals surface area contributed by atoms with Crippen LogP contribution in [-0.2, 0) is 4.74 Å². The largest absolute Gasteiger partial charge is 0.394 e. The summed E-state index contributed by atoms with van der Waals surface area (Å²) in [6.45, 7) is -0.484. The predicted octanol–water partition coefficient (Wildman–Crippen LogP) is -1.60. The first-order chi connectivity index (χ1) is 9.61. The highest BCUT2D eigenvalue weighted by Crippen LogP contribution is 2.27. The molecule has 0 amide bonds. The van der Waals surface area contributed by atoms with Crippen LogP contribution < -0.4 is 0 Å². The molecule has 1 aromatic carbocycles. The van der Waals surface area contributed by atoms with Gasteiger partial charge in [-0.2, -0.15) is 15.0 Å². The van der Waals surface area contributed by atoms with E-state index in [9.17, 15) is 15.3 Å². The van der Waals surface area contributed by atoms with Gasteiger partial charge in [-0.1, -0.05) is 12.1 Å². The van der Waals surface area contributed by atoms with Crippen molar-refractivity contribution in [3.8, 4) is 0 Å². The molecule has 1 aliphatic rings. The van der Waals surface area contributed by atoms with E-state index >= 15 is 0 Å². The van der Waals surface area contributed by atoms with Crippen LogP contribution in [0.4, 0.5) is 0 Å². The Balaban J connectivity index is 1.95. The van der Waals surface area contributed by atoms with Crippen LogP contribution >= 0.6 is 0 Å². The Morgan fingerprint density at radius 3 is 2.15 bits per heavy atom. The third kappa shape index (κ3) is 2.07.